The summed E-state index contributed by atoms with van der Waals surface area (Å²) in [5.74, 6) is 2.41. The Balaban J connectivity index is 2.10. The summed E-state index contributed by atoms with van der Waals surface area (Å²) in [4.78, 5) is 0. The number of hydrogen-bond donors (Lipinski definition) is 1. The van der Waals surface area contributed by atoms with E-state index in [1.54, 1.807) is 0 Å². The first kappa shape index (κ1) is 7.60. The topological polar surface area (TPSA) is 20.2 Å². The second-order valence-electron chi connectivity index (χ2n) is 4.88. The van der Waals surface area contributed by atoms with Crippen LogP contribution in [0.5, 0.6) is 0 Å². The van der Waals surface area contributed by atoms with Crippen molar-refractivity contribution in [1.82, 2.24) is 0 Å². The molecule has 1 N–H and O–H groups in total. The average Bonchev–Trinajstić information content (AvgIpc) is 2.04. The van der Waals surface area contributed by atoms with Crippen molar-refractivity contribution in [3.8, 4) is 0 Å². The minimum absolute atomic E-state index is 0.417. The van der Waals surface area contributed by atoms with Gasteiger partial charge in [0.15, 0.2) is 0 Å². The van der Waals surface area contributed by atoms with E-state index in [4.69, 9.17) is 5.11 Å². The Hall–Kier alpha value is -0.0400. The zero-order valence-electron chi connectivity index (χ0n) is 7.51. The van der Waals surface area contributed by atoms with Gasteiger partial charge in [-0.1, -0.05) is 13.8 Å². The largest absolute Gasteiger partial charge is 0.396 e. The highest BCUT2D eigenvalue weighted by molar-refractivity contribution is 5.02. The summed E-state index contributed by atoms with van der Waals surface area (Å²) in [6.07, 6.45) is 4.02. The third-order valence-electron chi connectivity index (χ3n) is 4.24. The quantitative estimate of drug-likeness (QED) is 0.613. The van der Waals surface area contributed by atoms with Gasteiger partial charge in [-0.2, -0.15) is 0 Å². The standard InChI is InChI=1S/C10H18O/c1-10(2)8-4-3-7(6-11)9(10)5-8/h7-9,11H,3-6H2,1-2H3/t7-,8-,9?/m1/s1. The molecule has 3 aliphatic carbocycles. The number of rotatable bonds is 1. The van der Waals surface area contributed by atoms with Gasteiger partial charge in [-0.3, -0.25) is 0 Å². The first-order chi connectivity index (χ1) is 5.16. The molecule has 3 saturated carbocycles. The number of hydrogen-bond acceptors (Lipinski definition) is 1. The van der Waals surface area contributed by atoms with Crippen LogP contribution in [-0.4, -0.2) is 11.7 Å². The van der Waals surface area contributed by atoms with Crippen LogP contribution in [0.4, 0.5) is 0 Å². The van der Waals surface area contributed by atoms with Gasteiger partial charge < -0.3 is 5.11 Å². The summed E-state index contributed by atoms with van der Waals surface area (Å²) < 4.78 is 0. The fourth-order valence-corrected chi connectivity index (χ4v) is 3.18. The second-order valence-corrected chi connectivity index (χ2v) is 4.88. The predicted octanol–water partition coefficient (Wildman–Crippen LogP) is 2.05. The highest BCUT2D eigenvalue weighted by Gasteiger charge is 2.53. The Morgan fingerprint density at radius 1 is 1.36 bits per heavy atom. The summed E-state index contributed by atoms with van der Waals surface area (Å²) in [5, 5.41) is 9.12. The van der Waals surface area contributed by atoms with Crippen LogP contribution in [0, 0.1) is 23.2 Å². The SMILES string of the molecule is CC1(C)C2C[C@H]1CC[C@@H]2CO. The number of fused-ring (bicyclic) bond motifs is 2. The zero-order valence-corrected chi connectivity index (χ0v) is 7.51. The maximum atomic E-state index is 9.12. The third-order valence-corrected chi connectivity index (χ3v) is 4.24. The number of aliphatic hydroxyl groups excluding tert-OH is 1. The van der Waals surface area contributed by atoms with Crippen molar-refractivity contribution in [1.29, 1.82) is 0 Å². The van der Waals surface area contributed by atoms with Crippen molar-refractivity contribution >= 4 is 0 Å². The second kappa shape index (κ2) is 2.22. The van der Waals surface area contributed by atoms with Crippen molar-refractivity contribution in [2.75, 3.05) is 6.61 Å². The van der Waals surface area contributed by atoms with Gasteiger partial charge in [0, 0.05) is 6.61 Å². The van der Waals surface area contributed by atoms with Crippen LogP contribution in [0.1, 0.15) is 33.1 Å². The normalized spacial score (nSPS) is 46.6. The summed E-state index contributed by atoms with van der Waals surface area (Å²) in [5.41, 5.74) is 0.547. The van der Waals surface area contributed by atoms with Gasteiger partial charge in [-0.25, -0.2) is 0 Å². The minimum atomic E-state index is 0.417. The molecule has 0 spiro atoms. The molecule has 0 aliphatic heterocycles. The molecular weight excluding hydrogens is 136 g/mol. The fraction of sp³-hybridized carbons (Fsp3) is 1.00. The molecule has 1 nitrogen and oxygen atoms in total. The predicted molar refractivity (Wildman–Crippen MR) is 45.2 cm³/mol. The van der Waals surface area contributed by atoms with Gasteiger partial charge in [0.05, 0.1) is 0 Å². The smallest absolute Gasteiger partial charge is 0.0462 e. The highest BCUT2D eigenvalue weighted by Crippen LogP contribution is 2.61. The molecular formula is C10H18O. The molecule has 0 aromatic heterocycles. The Morgan fingerprint density at radius 3 is 2.45 bits per heavy atom. The molecule has 3 aliphatic rings. The van der Waals surface area contributed by atoms with E-state index in [9.17, 15) is 0 Å². The van der Waals surface area contributed by atoms with Crippen LogP contribution in [0.3, 0.4) is 0 Å². The Kier molecular flexibility index (Phi) is 1.54. The van der Waals surface area contributed by atoms with Gasteiger partial charge in [-0.15, -0.1) is 0 Å². The number of aliphatic hydroxyl groups is 1. The lowest BCUT2D eigenvalue weighted by molar-refractivity contribution is -0.116. The maximum Gasteiger partial charge on any atom is 0.0462 e. The van der Waals surface area contributed by atoms with Gasteiger partial charge in [0.1, 0.15) is 0 Å². The van der Waals surface area contributed by atoms with Crippen LogP contribution >= 0.6 is 0 Å². The molecule has 1 unspecified atom stereocenters. The first-order valence-corrected chi connectivity index (χ1v) is 4.77. The van der Waals surface area contributed by atoms with Gasteiger partial charge in [0.25, 0.3) is 0 Å². The summed E-state index contributed by atoms with van der Waals surface area (Å²) in [6, 6.07) is 0. The summed E-state index contributed by atoms with van der Waals surface area (Å²) >= 11 is 0. The third kappa shape index (κ3) is 0.868. The first-order valence-electron chi connectivity index (χ1n) is 4.77. The van der Waals surface area contributed by atoms with E-state index in [1.807, 2.05) is 0 Å². The Morgan fingerprint density at radius 2 is 2.09 bits per heavy atom. The highest BCUT2D eigenvalue weighted by atomic mass is 16.3. The monoisotopic (exact) mass is 154 g/mol. The molecule has 0 amide bonds. The van der Waals surface area contributed by atoms with E-state index >= 15 is 0 Å². The van der Waals surface area contributed by atoms with Crippen LogP contribution in [-0.2, 0) is 0 Å². The summed E-state index contributed by atoms with van der Waals surface area (Å²) in [6.45, 7) is 5.15. The molecule has 0 radical (unpaired) electrons. The van der Waals surface area contributed by atoms with Crippen molar-refractivity contribution in [3.63, 3.8) is 0 Å². The Bertz CT molecular complexity index is 160. The van der Waals surface area contributed by atoms with Crippen LogP contribution in [0.15, 0.2) is 0 Å². The zero-order chi connectivity index (χ0) is 8.06. The molecule has 0 saturated heterocycles. The molecule has 11 heavy (non-hydrogen) atoms. The van der Waals surface area contributed by atoms with Gasteiger partial charge in [0.2, 0.25) is 0 Å². The lowest BCUT2D eigenvalue weighted by Gasteiger charge is -2.59. The average molecular weight is 154 g/mol. The fourth-order valence-electron chi connectivity index (χ4n) is 3.18. The molecule has 3 rings (SSSR count). The minimum Gasteiger partial charge on any atom is -0.396 e. The van der Waals surface area contributed by atoms with Crippen molar-refractivity contribution in [2.24, 2.45) is 23.2 Å². The van der Waals surface area contributed by atoms with Crippen molar-refractivity contribution in [3.05, 3.63) is 0 Å². The van der Waals surface area contributed by atoms with E-state index < -0.39 is 0 Å². The lowest BCUT2D eigenvalue weighted by atomic mass is 9.46. The lowest BCUT2D eigenvalue weighted by Crippen LogP contribution is -2.53. The van der Waals surface area contributed by atoms with Crippen molar-refractivity contribution in [2.45, 2.75) is 33.1 Å². The van der Waals surface area contributed by atoms with Gasteiger partial charge in [-0.05, 0) is 42.4 Å². The van der Waals surface area contributed by atoms with E-state index in [2.05, 4.69) is 13.8 Å². The molecule has 0 aromatic rings. The molecule has 0 heterocycles. The van der Waals surface area contributed by atoms with Crippen LogP contribution in [0.25, 0.3) is 0 Å². The van der Waals surface area contributed by atoms with E-state index in [0.717, 1.165) is 11.8 Å². The molecule has 64 valence electrons. The van der Waals surface area contributed by atoms with E-state index in [1.165, 1.54) is 19.3 Å². The van der Waals surface area contributed by atoms with Crippen LogP contribution in [0.2, 0.25) is 0 Å². The summed E-state index contributed by atoms with van der Waals surface area (Å²) in [7, 11) is 0. The molecule has 0 aromatic carbocycles. The van der Waals surface area contributed by atoms with Gasteiger partial charge >= 0.3 is 0 Å². The van der Waals surface area contributed by atoms with Crippen LogP contribution < -0.4 is 0 Å². The van der Waals surface area contributed by atoms with Crippen molar-refractivity contribution < 1.29 is 5.11 Å². The van der Waals surface area contributed by atoms with E-state index in [-0.39, 0.29) is 0 Å². The molecule has 3 atom stereocenters. The maximum absolute atomic E-state index is 9.12. The molecule has 2 bridgehead atoms. The Labute approximate surface area is 68.8 Å². The molecule has 3 fully saturated rings. The van der Waals surface area contributed by atoms with E-state index in [0.29, 0.717) is 17.9 Å². The molecule has 1 heteroatoms.